The Labute approximate surface area is 162 Å². The van der Waals surface area contributed by atoms with Gasteiger partial charge in [0, 0.05) is 49.2 Å². The fourth-order valence-electron chi connectivity index (χ4n) is 3.81. The van der Waals surface area contributed by atoms with Crippen molar-refractivity contribution in [3.63, 3.8) is 0 Å². The molecule has 1 aliphatic heterocycles. The molecule has 8 heteroatoms. The van der Waals surface area contributed by atoms with Crippen LogP contribution in [0.15, 0.2) is 41.7 Å². The number of carbonyl (C=O) groups is 1. The average Bonchev–Trinajstić information content (AvgIpc) is 3.46. The van der Waals surface area contributed by atoms with Gasteiger partial charge in [-0.25, -0.2) is 9.97 Å². The molecule has 0 aromatic carbocycles. The van der Waals surface area contributed by atoms with Gasteiger partial charge >= 0.3 is 0 Å². The normalized spacial score (nSPS) is 16.6. The van der Waals surface area contributed by atoms with E-state index in [1.54, 1.807) is 22.2 Å². The fourth-order valence-corrected chi connectivity index (χ4v) is 4.36. The van der Waals surface area contributed by atoms with Gasteiger partial charge in [-0.3, -0.25) is 9.48 Å². The van der Waals surface area contributed by atoms with Crippen LogP contribution in [0.5, 0.6) is 0 Å². The fraction of sp³-hybridized carbons (Fsp3) is 0.474. The zero-order valence-electron chi connectivity index (χ0n) is 15.4. The number of amides is 1. The third-order valence-electron chi connectivity index (χ3n) is 5.25. The van der Waals surface area contributed by atoms with Gasteiger partial charge in [-0.05, 0) is 25.3 Å². The van der Waals surface area contributed by atoms with E-state index in [1.807, 2.05) is 42.0 Å². The minimum absolute atomic E-state index is 0.172. The molecule has 7 nitrogen and oxygen atoms in total. The molecular formula is C19H24N6OS. The van der Waals surface area contributed by atoms with Gasteiger partial charge in [0.2, 0.25) is 5.91 Å². The van der Waals surface area contributed by atoms with Crippen LogP contribution in [0.4, 0.5) is 0 Å². The largest absolute Gasteiger partial charge is 0.341 e. The summed E-state index contributed by atoms with van der Waals surface area (Å²) in [7, 11) is 0. The van der Waals surface area contributed by atoms with Crippen LogP contribution in [-0.2, 0) is 11.3 Å². The van der Waals surface area contributed by atoms with Crippen LogP contribution in [0.25, 0.3) is 0 Å². The molecule has 1 aliphatic rings. The number of hydrogen-bond acceptors (Lipinski definition) is 5. The van der Waals surface area contributed by atoms with Crippen molar-refractivity contribution in [3.8, 4) is 0 Å². The molecule has 0 saturated carbocycles. The summed E-state index contributed by atoms with van der Waals surface area (Å²) in [6, 6.07) is 1.66. The van der Waals surface area contributed by atoms with E-state index in [2.05, 4.69) is 25.0 Å². The molecule has 3 aromatic heterocycles. The Kier molecular flexibility index (Phi) is 5.33. The Morgan fingerprint density at radius 1 is 1.26 bits per heavy atom. The van der Waals surface area contributed by atoms with Crippen LogP contribution in [-0.4, -0.2) is 48.2 Å². The SMILES string of the molecule is CCC(C(=O)N1CCC(c2nccn2Cc2cscn2)CC1)n1cccn1. The molecule has 1 fully saturated rings. The van der Waals surface area contributed by atoms with Crippen LogP contribution < -0.4 is 0 Å². The third-order valence-corrected chi connectivity index (χ3v) is 5.89. The second-order valence-corrected chi connectivity index (χ2v) is 7.62. The number of likely N-dealkylation sites (tertiary alicyclic amines) is 1. The molecule has 142 valence electrons. The first kappa shape index (κ1) is 17.9. The molecule has 1 saturated heterocycles. The van der Waals surface area contributed by atoms with E-state index >= 15 is 0 Å². The zero-order chi connectivity index (χ0) is 18.6. The van der Waals surface area contributed by atoms with E-state index in [1.165, 1.54) is 0 Å². The predicted molar refractivity (Wildman–Crippen MR) is 104 cm³/mol. The molecule has 3 aromatic rings. The molecule has 0 spiro atoms. The molecule has 27 heavy (non-hydrogen) atoms. The lowest BCUT2D eigenvalue weighted by Crippen LogP contribution is -2.42. The van der Waals surface area contributed by atoms with Gasteiger partial charge in [0.05, 0.1) is 17.7 Å². The zero-order valence-corrected chi connectivity index (χ0v) is 16.3. The Morgan fingerprint density at radius 3 is 2.78 bits per heavy atom. The molecule has 1 amide bonds. The van der Waals surface area contributed by atoms with Crippen molar-refractivity contribution >= 4 is 17.2 Å². The first-order chi connectivity index (χ1) is 13.3. The maximum absolute atomic E-state index is 12.9. The number of thiazole rings is 1. The van der Waals surface area contributed by atoms with E-state index in [0.29, 0.717) is 5.92 Å². The number of hydrogen-bond donors (Lipinski definition) is 0. The summed E-state index contributed by atoms with van der Waals surface area (Å²) in [5, 5.41) is 6.33. The quantitative estimate of drug-likeness (QED) is 0.655. The van der Waals surface area contributed by atoms with Crippen molar-refractivity contribution in [2.45, 2.75) is 44.7 Å². The van der Waals surface area contributed by atoms with Crippen molar-refractivity contribution in [1.29, 1.82) is 0 Å². The predicted octanol–water partition coefficient (Wildman–Crippen LogP) is 2.94. The Balaban J connectivity index is 1.39. The standard InChI is InChI=1S/C19H24N6OS/c1-2-17(25-8-3-6-22-25)19(26)23-9-4-15(5-10-23)18-20-7-11-24(18)12-16-13-27-14-21-16/h3,6-8,11,13-15,17H,2,4-5,9-10,12H2,1H3. The molecule has 4 rings (SSSR count). The Hall–Kier alpha value is -2.48. The van der Waals surface area contributed by atoms with E-state index in [-0.39, 0.29) is 11.9 Å². The van der Waals surface area contributed by atoms with Crippen molar-refractivity contribution in [1.82, 2.24) is 29.2 Å². The first-order valence-corrected chi connectivity index (χ1v) is 10.4. The number of aromatic nitrogens is 5. The molecule has 0 radical (unpaired) electrons. The second kappa shape index (κ2) is 8.04. The minimum atomic E-state index is -0.205. The van der Waals surface area contributed by atoms with Crippen molar-refractivity contribution < 1.29 is 4.79 Å². The molecule has 1 atom stereocenters. The molecular weight excluding hydrogens is 360 g/mol. The summed E-state index contributed by atoms with van der Waals surface area (Å²) in [4.78, 5) is 23.9. The summed E-state index contributed by atoms with van der Waals surface area (Å²) in [5.74, 6) is 1.66. The molecule has 1 unspecified atom stereocenters. The lowest BCUT2D eigenvalue weighted by molar-refractivity contribution is -0.136. The highest BCUT2D eigenvalue weighted by molar-refractivity contribution is 7.07. The molecule has 0 N–H and O–H groups in total. The molecule has 4 heterocycles. The van der Waals surface area contributed by atoms with Crippen LogP contribution in [0.2, 0.25) is 0 Å². The van der Waals surface area contributed by atoms with E-state index in [0.717, 1.165) is 50.4 Å². The number of rotatable bonds is 6. The van der Waals surface area contributed by atoms with Gasteiger partial charge in [0.15, 0.2) is 0 Å². The van der Waals surface area contributed by atoms with E-state index in [9.17, 15) is 4.79 Å². The first-order valence-electron chi connectivity index (χ1n) is 9.42. The van der Waals surface area contributed by atoms with Crippen LogP contribution in [0.3, 0.4) is 0 Å². The minimum Gasteiger partial charge on any atom is -0.341 e. The van der Waals surface area contributed by atoms with Gasteiger partial charge in [-0.15, -0.1) is 11.3 Å². The summed E-state index contributed by atoms with van der Waals surface area (Å²) in [5.41, 5.74) is 2.93. The van der Waals surface area contributed by atoms with Crippen molar-refractivity contribution in [2.75, 3.05) is 13.1 Å². The Bertz CT molecular complexity index is 849. The third kappa shape index (κ3) is 3.80. The van der Waals surface area contributed by atoms with Gasteiger partial charge in [0.25, 0.3) is 0 Å². The molecule has 0 aliphatic carbocycles. The highest BCUT2D eigenvalue weighted by Gasteiger charge is 2.30. The van der Waals surface area contributed by atoms with E-state index < -0.39 is 0 Å². The number of nitrogens with zero attached hydrogens (tertiary/aromatic N) is 6. The van der Waals surface area contributed by atoms with Crippen LogP contribution >= 0.6 is 11.3 Å². The highest BCUT2D eigenvalue weighted by Crippen LogP contribution is 2.29. The number of imidazole rings is 1. The summed E-state index contributed by atoms with van der Waals surface area (Å²) in [6.45, 7) is 4.33. The van der Waals surface area contributed by atoms with Crippen LogP contribution in [0.1, 0.15) is 49.7 Å². The topological polar surface area (TPSA) is 68.8 Å². The van der Waals surface area contributed by atoms with Crippen molar-refractivity contribution in [3.05, 3.63) is 53.3 Å². The van der Waals surface area contributed by atoms with Gasteiger partial charge in [-0.2, -0.15) is 5.10 Å². The van der Waals surface area contributed by atoms with Crippen LogP contribution in [0, 0.1) is 0 Å². The number of carbonyl (C=O) groups excluding carboxylic acids is 1. The van der Waals surface area contributed by atoms with Gasteiger partial charge in [0.1, 0.15) is 11.9 Å². The van der Waals surface area contributed by atoms with Crippen molar-refractivity contribution in [2.24, 2.45) is 0 Å². The Morgan fingerprint density at radius 2 is 2.11 bits per heavy atom. The smallest absolute Gasteiger partial charge is 0.247 e. The number of piperidine rings is 1. The van der Waals surface area contributed by atoms with Gasteiger partial charge < -0.3 is 9.47 Å². The maximum atomic E-state index is 12.9. The average molecular weight is 385 g/mol. The van der Waals surface area contributed by atoms with Gasteiger partial charge in [-0.1, -0.05) is 6.92 Å². The maximum Gasteiger partial charge on any atom is 0.247 e. The van der Waals surface area contributed by atoms with E-state index in [4.69, 9.17) is 0 Å². The monoisotopic (exact) mass is 384 g/mol. The lowest BCUT2D eigenvalue weighted by Gasteiger charge is -2.34. The molecule has 0 bridgehead atoms. The summed E-state index contributed by atoms with van der Waals surface area (Å²) < 4.78 is 3.96. The summed E-state index contributed by atoms with van der Waals surface area (Å²) >= 11 is 1.61. The summed E-state index contributed by atoms with van der Waals surface area (Å²) in [6.07, 6.45) is 10.1. The highest BCUT2D eigenvalue weighted by atomic mass is 32.1. The lowest BCUT2D eigenvalue weighted by atomic mass is 9.95. The second-order valence-electron chi connectivity index (χ2n) is 6.90.